The molecule has 4 heteroatoms. The first kappa shape index (κ1) is 16.2. The van der Waals surface area contributed by atoms with E-state index in [1.165, 1.54) is 18.6 Å². The van der Waals surface area contributed by atoms with Crippen LogP contribution in [0.25, 0.3) is 0 Å². The highest BCUT2D eigenvalue weighted by atomic mass is 19.1. The van der Waals surface area contributed by atoms with E-state index in [0.717, 1.165) is 30.8 Å². The predicted octanol–water partition coefficient (Wildman–Crippen LogP) is 3.66. The standard InChI is InChI=1S/C17H26FNO2/c1-17(2,3)19-11-13-10-14(18)7-8-16(13)21-12-15-6-4-5-9-20-15/h7-8,10,15,19H,4-6,9,11-12H2,1-3H3. The fourth-order valence-electron chi connectivity index (χ4n) is 2.31. The zero-order chi connectivity index (χ0) is 15.3. The first-order chi connectivity index (χ1) is 9.94. The normalized spacial score (nSPS) is 19.5. The van der Waals surface area contributed by atoms with E-state index in [2.05, 4.69) is 26.1 Å². The first-order valence-electron chi connectivity index (χ1n) is 7.72. The zero-order valence-corrected chi connectivity index (χ0v) is 13.2. The molecule has 3 nitrogen and oxygen atoms in total. The lowest BCUT2D eigenvalue weighted by Crippen LogP contribution is -2.35. The van der Waals surface area contributed by atoms with Crippen LogP contribution in [-0.2, 0) is 11.3 Å². The van der Waals surface area contributed by atoms with Gasteiger partial charge in [-0.25, -0.2) is 4.39 Å². The first-order valence-corrected chi connectivity index (χ1v) is 7.72. The third kappa shape index (κ3) is 5.64. The molecule has 0 radical (unpaired) electrons. The van der Waals surface area contributed by atoms with Crippen molar-refractivity contribution in [2.24, 2.45) is 0 Å². The van der Waals surface area contributed by atoms with Gasteiger partial charge in [-0.1, -0.05) is 0 Å². The summed E-state index contributed by atoms with van der Waals surface area (Å²) in [7, 11) is 0. The van der Waals surface area contributed by atoms with E-state index in [9.17, 15) is 4.39 Å². The SMILES string of the molecule is CC(C)(C)NCc1cc(F)ccc1OCC1CCCCO1. The van der Waals surface area contributed by atoms with Crippen LogP contribution in [0.2, 0.25) is 0 Å². The number of benzene rings is 1. The Morgan fingerprint density at radius 1 is 1.33 bits per heavy atom. The Kier molecular flexibility index (Phi) is 5.59. The van der Waals surface area contributed by atoms with Crippen LogP contribution < -0.4 is 10.1 Å². The predicted molar refractivity (Wildman–Crippen MR) is 82.1 cm³/mol. The van der Waals surface area contributed by atoms with Gasteiger partial charge in [0.15, 0.2) is 0 Å². The molecule has 1 fully saturated rings. The Labute approximate surface area is 126 Å². The molecule has 1 atom stereocenters. The molecule has 0 aromatic heterocycles. The topological polar surface area (TPSA) is 30.5 Å². The highest BCUT2D eigenvalue weighted by Crippen LogP contribution is 2.22. The maximum absolute atomic E-state index is 13.5. The summed E-state index contributed by atoms with van der Waals surface area (Å²) < 4.78 is 25.0. The van der Waals surface area contributed by atoms with Crippen LogP contribution in [0.4, 0.5) is 4.39 Å². The largest absolute Gasteiger partial charge is 0.491 e. The minimum Gasteiger partial charge on any atom is -0.491 e. The van der Waals surface area contributed by atoms with E-state index in [0.29, 0.717) is 13.2 Å². The van der Waals surface area contributed by atoms with E-state index in [1.54, 1.807) is 6.07 Å². The molecular weight excluding hydrogens is 269 g/mol. The molecule has 2 rings (SSSR count). The summed E-state index contributed by atoms with van der Waals surface area (Å²) in [6.07, 6.45) is 3.52. The molecule has 0 bridgehead atoms. The van der Waals surface area contributed by atoms with Gasteiger partial charge in [-0.05, 0) is 58.2 Å². The second kappa shape index (κ2) is 7.23. The van der Waals surface area contributed by atoms with Gasteiger partial charge in [0.05, 0.1) is 6.10 Å². The van der Waals surface area contributed by atoms with Crippen molar-refractivity contribution in [3.63, 3.8) is 0 Å². The Morgan fingerprint density at radius 3 is 2.81 bits per heavy atom. The molecule has 0 spiro atoms. The zero-order valence-electron chi connectivity index (χ0n) is 13.2. The molecular formula is C17H26FNO2. The molecule has 0 saturated carbocycles. The van der Waals surface area contributed by atoms with Crippen LogP contribution in [0.5, 0.6) is 5.75 Å². The molecule has 1 aliphatic heterocycles. The van der Waals surface area contributed by atoms with Crippen molar-refractivity contribution in [2.75, 3.05) is 13.2 Å². The van der Waals surface area contributed by atoms with Gasteiger partial charge >= 0.3 is 0 Å². The van der Waals surface area contributed by atoms with E-state index >= 15 is 0 Å². The third-order valence-electron chi connectivity index (χ3n) is 3.53. The van der Waals surface area contributed by atoms with Gasteiger partial charge in [-0.2, -0.15) is 0 Å². The van der Waals surface area contributed by atoms with E-state index in [4.69, 9.17) is 9.47 Å². The number of hydrogen-bond acceptors (Lipinski definition) is 3. The van der Waals surface area contributed by atoms with Crippen LogP contribution in [0.3, 0.4) is 0 Å². The Hall–Kier alpha value is -1.13. The maximum atomic E-state index is 13.5. The molecule has 1 aliphatic rings. The average molecular weight is 295 g/mol. The van der Waals surface area contributed by atoms with Crippen molar-refractivity contribution in [1.29, 1.82) is 0 Å². The van der Waals surface area contributed by atoms with Crippen LogP contribution >= 0.6 is 0 Å². The van der Waals surface area contributed by atoms with Crippen LogP contribution in [-0.4, -0.2) is 24.9 Å². The molecule has 1 aromatic carbocycles. The van der Waals surface area contributed by atoms with Crippen molar-refractivity contribution < 1.29 is 13.9 Å². The molecule has 21 heavy (non-hydrogen) atoms. The van der Waals surface area contributed by atoms with Crippen LogP contribution in [0.1, 0.15) is 45.6 Å². The number of rotatable bonds is 5. The molecule has 1 N–H and O–H groups in total. The van der Waals surface area contributed by atoms with Gasteiger partial charge in [0.2, 0.25) is 0 Å². The lowest BCUT2D eigenvalue weighted by Gasteiger charge is -2.24. The van der Waals surface area contributed by atoms with Crippen LogP contribution in [0, 0.1) is 5.82 Å². The Balaban J connectivity index is 1.96. The fourth-order valence-corrected chi connectivity index (χ4v) is 2.31. The Morgan fingerprint density at radius 2 is 2.14 bits per heavy atom. The number of nitrogens with one attached hydrogen (secondary N) is 1. The van der Waals surface area contributed by atoms with Crippen LogP contribution in [0.15, 0.2) is 18.2 Å². The summed E-state index contributed by atoms with van der Waals surface area (Å²) in [5.41, 5.74) is 0.830. The van der Waals surface area contributed by atoms with Crippen molar-refractivity contribution >= 4 is 0 Å². The third-order valence-corrected chi connectivity index (χ3v) is 3.53. The monoisotopic (exact) mass is 295 g/mol. The maximum Gasteiger partial charge on any atom is 0.124 e. The van der Waals surface area contributed by atoms with E-state index < -0.39 is 0 Å². The second-order valence-corrected chi connectivity index (χ2v) is 6.66. The minimum atomic E-state index is -0.234. The van der Waals surface area contributed by atoms with Gasteiger partial charge in [-0.15, -0.1) is 0 Å². The summed E-state index contributed by atoms with van der Waals surface area (Å²) in [6.45, 7) is 8.19. The fraction of sp³-hybridized carbons (Fsp3) is 0.647. The van der Waals surface area contributed by atoms with Crippen molar-refractivity contribution in [2.45, 2.75) is 58.2 Å². The number of ether oxygens (including phenoxy) is 2. The quantitative estimate of drug-likeness (QED) is 0.899. The summed E-state index contributed by atoms with van der Waals surface area (Å²) in [5, 5.41) is 3.37. The molecule has 1 saturated heterocycles. The average Bonchev–Trinajstić information content (AvgIpc) is 2.44. The Bertz CT molecular complexity index is 451. The molecule has 1 unspecified atom stereocenters. The van der Waals surface area contributed by atoms with Gasteiger partial charge < -0.3 is 14.8 Å². The second-order valence-electron chi connectivity index (χ2n) is 6.66. The van der Waals surface area contributed by atoms with Gasteiger partial charge in [-0.3, -0.25) is 0 Å². The molecule has 1 heterocycles. The number of halogens is 1. The summed E-state index contributed by atoms with van der Waals surface area (Å²) in [4.78, 5) is 0. The van der Waals surface area contributed by atoms with Crippen molar-refractivity contribution in [3.8, 4) is 5.75 Å². The van der Waals surface area contributed by atoms with E-state index in [-0.39, 0.29) is 17.5 Å². The molecule has 1 aromatic rings. The highest BCUT2D eigenvalue weighted by molar-refractivity contribution is 5.34. The highest BCUT2D eigenvalue weighted by Gasteiger charge is 2.16. The number of hydrogen-bond donors (Lipinski definition) is 1. The summed E-state index contributed by atoms with van der Waals surface area (Å²) in [6, 6.07) is 4.69. The molecule has 0 amide bonds. The summed E-state index contributed by atoms with van der Waals surface area (Å²) in [5.74, 6) is 0.504. The molecule has 118 valence electrons. The van der Waals surface area contributed by atoms with E-state index in [1.807, 2.05) is 0 Å². The van der Waals surface area contributed by atoms with Crippen molar-refractivity contribution in [3.05, 3.63) is 29.6 Å². The van der Waals surface area contributed by atoms with Crippen molar-refractivity contribution in [1.82, 2.24) is 5.32 Å². The van der Waals surface area contributed by atoms with Gasteiger partial charge in [0.25, 0.3) is 0 Å². The smallest absolute Gasteiger partial charge is 0.124 e. The minimum absolute atomic E-state index is 0.0178. The lowest BCUT2D eigenvalue weighted by molar-refractivity contribution is -0.0112. The summed E-state index contributed by atoms with van der Waals surface area (Å²) >= 11 is 0. The molecule has 0 aliphatic carbocycles. The lowest BCUT2D eigenvalue weighted by atomic mass is 10.1. The van der Waals surface area contributed by atoms with Gasteiger partial charge in [0, 0.05) is 24.3 Å². The van der Waals surface area contributed by atoms with Gasteiger partial charge in [0.1, 0.15) is 18.2 Å².